The quantitative estimate of drug-likeness (QED) is 0.0939. The van der Waals surface area contributed by atoms with Crippen LogP contribution in [0.15, 0.2) is 60.7 Å². The molecule has 64 heavy (non-hydrogen) atoms. The van der Waals surface area contributed by atoms with E-state index in [1.54, 1.807) is 35.2 Å². The predicted molar refractivity (Wildman–Crippen MR) is 243 cm³/mol. The van der Waals surface area contributed by atoms with E-state index in [2.05, 4.69) is 41.9 Å². The van der Waals surface area contributed by atoms with Crippen LogP contribution in [0.25, 0.3) is 22.5 Å². The summed E-state index contributed by atoms with van der Waals surface area (Å²) in [5, 5.41) is 26.4. The Labute approximate surface area is 379 Å². The number of hydrogen-bond acceptors (Lipinski definition) is 10. The van der Waals surface area contributed by atoms with E-state index < -0.39 is 23.3 Å². The molecule has 2 heterocycles. The van der Waals surface area contributed by atoms with Crippen molar-refractivity contribution < 1.29 is 33.4 Å². The maximum Gasteiger partial charge on any atom is 0.410 e. The van der Waals surface area contributed by atoms with Crippen molar-refractivity contribution in [1.82, 2.24) is 41.5 Å². The molecule has 1 aliphatic heterocycles. The van der Waals surface area contributed by atoms with Gasteiger partial charge in [-0.3, -0.25) is 14.4 Å². The molecule has 0 bridgehead atoms. The summed E-state index contributed by atoms with van der Waals surface area (Å²) < 4.78 is 10.9. The molecule has 1 aromatic heterocycles. The van der Waals surface area contributed by atoms with Crippen LogP contribution in [0.2, 0.25) is 5.02 Å². The highest BCUT2D eigenvalue weighted by Crippen LogP contribution is 2.34. The van der Waals surface area contributed by atoms with Gasteiger partial charge in [-0.15, -0.1) is 10.2 Å². The fraction of sp³-hybridized carbons (Fsp3) is 0.489. The van der Waals surface area contributed by atoms with Gasteiger partial charge in [0.15, 0.2) is 0 Å². The van der Waals surface area contributed by atoms with Crippen molar-refractivity contribution in [3.05, 3.63) is 82.4 Å². The number of tetrazole rings is 1. The highest BCUT2D eigenvalue weighted by molar-refractivity contribution is 6.34. The Kier molecular flexibility index (Phi) is 15.3. The lowest BCUT2D eigenvalue weighted by atomic mass is 9.81. The molecule has 1 atom stereocenters. The number of likely N-dealkylation sites (tertiary alicyclic amines) is 1. The van der Waals surface area contributed by atoms with E-state index in [9.17, 15) is 24.0 Å². The number of piperidine rings is 1. The smallest absolute Gasteiger partial charge is 0.410 e. The number of nitrogens with zero attached hydrogens (tertiary/aromatic N) is 4. The molecule has 0 radical (unpaired) electrons. The van der Waals surface area contributed by atoms with E-state index in [0.29, 0.717) is 73.0 Å². The number of aromatic nitrogens is 4. The minimum Gasteiger partial charge on any atom is -0.444 e. The van der Waals surface area contributed by atoms with Gasteiger partial charge in [-0.05, 0) is 145 Å². The third-order valence-electron chi connectivity index (χ3n) is 11.4. The van der Waals surface area contributed by atoms with Gasteiger partial charge in [0.25, 0.3) is 5.91 Å². The number of aromatic amines is 1. The maximum atomic E-state index is 13.9. The predicted octanol–water partition coefficient (Wildman–Crippen LogP) is 7.62. The Balaban J connectivity index is 1.09. The van der Waals surface area contributed by atoms with Crippen LogP contribution in [0.5, 0.6) is 0 Å². The third-order valence-corrected chi connectivity index (χ3v) is 11.8. The normalized spacial score (nSPS) is 17.5. The molecule has 4 aromatic rings. The summed E-state index contributed by atoms with van der Waals surface area (Å²) in [5.41, 5.74) is 3.60. The third kappa shape index (κ3) is 13.3. The van der Waals surface area contributed by atoms with Crippen LogP contribution in [-0.4, -0.2) is 98.4 Å². The molecule has 3 aromatic carbocycles. The largest absolute Gasteiger partial charge is 0.444 e. The molecular weight excluding hydrogens is 838 g/mol. The number of nitrogens with one attached hydrogen (secondary N) is 5. The Bertz CT molecular complexity index is 2260. The number of hydrogen-bond donors (Lipinski definition) is 5. The fourth-order valence-electron chi connectivity index (χ4n) is 7.89. The Morgan fingerprint density at radius 2 is 1.47 bits per heavy atom. The van der Waals surface area contributed by atoms with E-state index in [1.807, 2.05) is 78.8 Å². The molecule has 342 valence electrons. The van der Waals surface area contributed by atoms with Crippen molar-refractivity contribution in [3.8, 4) is 22.5 Å². The Morgan fingerprint density at radius 3 is 2.08 bits per heavy atom. The number of alkyl carbamates (subject to hydrolysis) is 1. The van der Waals surface area contributed by atoms with Crippen molar-refractivity contribution in [2.24, 2.45) is 11.8 Å². The first-order chi connectivity index (χ1) is 30.3. The first kappa shape index (κ1) is 47.4. The molecule has 5 amide bonds. The van der Waals surface area contributed by atoms with Gasteiger partial charge in [-0.1, -0.05) is 41.9 Å². The highest BCUT2D eigenvalue weighted by Gasteiger charge is 2.31. The van der Waals surface area contributed by atoms with E-state index >= 15 is 0 Å². The van der Waals surface area contributed by atoms with Gasteiger partial charge in [0.1, 0.15) is 17.2 Å². The second-order valence-electron chi connectivity index (χ2n) is 18.7. The number of carbonyl (C=O) groups excluding carboxylic acids is 5. The lowest BCUT2D eigenvalue weighted by Crippen LogP contribution is -2.48. The molecule has 16 nitrogen and oxygen atoms in total. The average molecular weight is 899 g/mol. The molecular formula is C47H60ClN9O7. The highest BCUT2D eigenvalue weighted by atomic mass is 35.5. The number of benzene rings is 3. The topological polar surface area (TPSA) is 210 Å². The van der Waals surface area contributed by atoms with E-state index in [0.717, 1.165) is 35.1 Å². The molecule has 2 fully saturated rings. The minimum atomic E-state index is -0.894. The van der Waals surface area contributed by atoms with Crippen LogP contribution in [0.3, 0.4) is 0 Å². The van der Waals surface area contributed by atoms with Gasteiger partial charge < -0.3 is 35.6 Å². The van der Waals surface area contributed by atoms with Crippen LogP contribution < -0.4 is 21.3 Å². The number of H-pyrrole nitrogens is 1. The van der Waals surface area contributed by atoms with Gasteiger partial charge in [0, 0.05) is 60.4 Å². The summed E-state index contributed by atoms with van der Waals surface area (Å²) in [6.07, 6.45) is 3.40. The van der Waals surface area contributed by atoms with Crippen molar-refractivity contribution in [2.45, 2.75) is 117 Å². The number of carbonyl (C=O) groups is 5. The molecule has 2 aliphatic rings. The van der Waals surface area contributed by atoms with Crippen LogP contribution in [0, 0.1) is 18.8 Å². The number of rotatable bonds is 12. The summed E-state index contributed by atoms with van der Waals surface area (Å²) in [5.74, 6) is -0.434. The molecule has 5 N–H and O–H groups in total. The van der Waals surface area contributed by atoms with Crippen LogP contribution >= 0.6 is 11.6 Å². The number of ether oxygens (including phenoxy) is 2. The minimum absolute atomic E-state index is 0.0922. The molecule has 17 heteroatoms. The van der Waals surface area contributed by atoms with Crippen molar-refractivity contribution >= 4 is 47.2 Å². The van der Waals surface area contributed by atoms with E-state index in [4.69, 9.17) is 21.1 Å². The van der Waals surface area contributed by atoms with Crippen molar-refractivity contribution in [1.29, 1.82) is 0 Å². The summed E-state index contributed by atoms with van der Waals surface area (Å²) in [6.45, 7) is 14.2. The zero-order valence-electron chi connectivity index (χ0n) is 37.7. The summed E-state index contributed by atoms with van der Waals surface area (Å²) in [4.78, 5) is 67.5. The van der Waals surface area contributed by atoms with E-state index in [1.165, 1.54) is 0 Å². The zero-order chi connectivity index (χ0) is 46.2. The van der Waals surface area contributed by atoms with Crippen LogP contribution in [0.4, 0.5) is 15.3 Å². The lowest BCUT2D eigenvalue weighted by molar-refractivity contribution is -0.130. The number of halogens is 1. The van der Waals surface area contributed by atoms with Gasteiger partial charge in [0.2, 0.25) is 17.6 Å². The second-order valence-corrected chi connectivity index (χ2v) is 19.1. The summed E-state index contributed by atoms with van der Waals surface area (Å²) in [6, 6.07) is 17.3. The van der Waals surface area contributed by atoms with Gasteiger partial charge in [0.05, 0.1) is 5.02 Å². The molecule has 1 saturated heterocycles. The van der Waals surface area contributed by atoms with Crippen molar-refractivity contribution in [3.63, 3.8) is 0 Å². The first-order valence-electron chi connectivity index (χ1n) is 21.9. The fourth-order valence-corrected chi connectivity index (χ4v) is 8.17. The molecule has 0 spiro atoms. The van der Waals surface area contributed by atoms with Crippen LogP contribution in [-0.2, 0) is 25.5 Å². The monoisotopic (exact) mass is 897 g/mol. The first-order valence-corrected chi connectivity index (χ1v) is 22.3. The van der Waals surface area contributed by atoms with E-state index in [-0.39, 0.29) is 48.1 Å². The number of amides is 5. The summed E-state index contributed by atoms with van der Waals surface area (Å²) >= 11 is 6.93. The lowest BCUT2D eigenvalue weighted by Gasteiger charge is -2.33. The Hall–Kier alpha value is -6.03. The second kappa shape index (κ2) is 20.6. The van der Waals surface area contributed by atoms with Gasteiger partial charge in [-0.2, -0.15) is 5.21 Å². The van der Waals surface area contributed by atoms with Gasteiger partial charge >= 0.3 is 12.2 Å². The standard InChI is InChI=1S/C47H60ClN9O7/c1-28-36(42(59)50-35-22-24-57(25-23-35)45(62)64-47(5,6)7)20-21-37(39(28)48)31-12-8-29(9-13-31)26-38(43(60)51-34-18-16-32(17-19-34)40-53-55-56-54-40)52-41(58)33-14-10-30(11-15-33)27-49-44(61)63-46(2,3)4/h8-9,12-13,16-21,30,33,35,38H,10-11,14-15,22-27H2,1-7H3,(H,49,61)(H,50,59)(H,51,60)(H,52,58)(H,53,54,55,56)/t30-,33-,38-/m0/s1. The van der Waals surface area contributed by atoms with Crippen LogP contribution in [0.1, 0.15) is 102 Å². The molecule has 1 aliphatic carbocycles. The summed E-state index contributed by atoms with van der Waals surface area (Å²) in [7, 11) is 0. The van der Waals surface area contributed by atoms with Crippen molar-refractivity contribution in [2.75, 3.05) is 25.0 Å². The SMILES string of the molecule is Cc1c(C(=O)NC2CCN(C(=O)OC(C)(C)C)CC2)ccc(-c2ccc(C[C@H](NC(=O)[C@H]3CC[C@H](CNC(=O)OC(C)(C)C)CC3)C(=O)Nc3ccc(-c4nn[nH]n4)cc3)cc2)c1Cl. The molecule has 1 saturated carbocycles. The molecule has 0 unspecified atom stereocenters. The molecule has 6 rings (SSSR count). The van der Waals surface area contributed by atoms with Gasteiger partial charge in [-0.25, -0.2) is 9.59 Å². The Morgan fingerprint density at radius 1 is 0.828 bits per heavy atom. The number of anilines is 1. The zero-order valence-corrected chi connectivity index (χ0v) is 38.4. The maximum absolute atomic E-state index is 13.9. The average Bonchev–Trinajstić information content (AvgIpc) is 3.79.